The van der Waals surface area contributed by atoms with E-state index in [1.165, 1.54) is 11.1 Å². The molecule has 0 aliphatic carbocycles. The maximum Gasteiger partial charge on any atom is 0.247 e. The van der Waals surface area contributed by atoms with Gasteiger partial charge in [0.2, 0.25) is 5.95 Å². The molecule has 1 aliphatic heterocycles. The van der Waals surface area contributed by atoms with Crippen molar-refractivity contribution in [2.45, 2.75) is 19.9 Å². The zero-order chi connectivity index (χ0) is 20.2. The van der Waals surface area contributed by atoms with Crippen LogP contribution in [-0.4, -0.2) is 42.5 Å². The molecule has 4 rings (SSSR count). The van der Waals surface area contributed by atoms with Gasteiger partial charge in [-0.15, -0.1) is 5.10 Å². The third kappa shape index (κ3) is 3.81. The van der Waals surface area contributed by atoms with Gasteiger partial charge in [0.1, 0.15) is 0 Å². The average Bonchev–Trinajstić information content (AvgIpc) is 2.79. The number of para-hydroxylation sites is 1. The molecule has 2 heterocycles. The number of fused-ring (bicyclic) bond motifs is 1. The summed E-state index contributed by atoms with van der Waals surface area (Å²) in [5.41, 5.74) is 3.54. The Morgan fingerprint density at radius 3 is 2.45 bits per heavy atom. The molecule has 0 unspecified atom stereocenters. The van der Waals surface area contributed by atoms with Crippen LogP contribution in [0.3, 0.4) is 0 Å². The second-order valence-electron chi connectivity index (χ2n) is 6.84. The number of aromatic nitrogens is 3. The van der Waals surface area contributed by atoms with Gasteiger partial charge in [-0.1, -0.05) is 18.2 Å². The fourth-order valence-corrected chi connectivity index (χ4v) is 3.69. The summed E-state index contributed by atoms with van der Waals surface area (Å²) in [6.45, 7) is 4.43. The Morgan fingerprint density at radius 1 is 1.03 bits per heavy atom. The highest BCUT2D eigenvalue weighted by molar-refractivity contribution is 5.60. The molecule has 0 radical (unpaired) electrons. The zero-order valence-corrected chi connectivity index (χ0v) is 17.0. The van der Waals surface area contributed by atoms with Gasteiger partial charge >= 0.3 is 0 Å². The van der Waals surface area contributed by atoms with Gasteiger partial charge in [0.05, 0.1) is 20.4 Å². The van der Waals surface area contributed by atoms with Crippen molar-refractivity contribution < 1.29 is 9.47 Å². The Balaban J connectivity index is 1.61. The minimum Gasteiger partial charge on any atom is -0.493 e. The van der Waals surface area contributed by atoms with Crippen LogP contribution in [-0.2, 0) is 13.0 Å². The number of hydrogen-bond donors (Lipinski definition) is 0. The van der Waals surface area contributed by atoms with Crippen LogP contribution in [0.15, 0.2) is 48.7 Å². The number of anilines is 3. The molecule has 2 aromatic carbocycles. The first-order chi connectivity index (χ1) is 14.2. The van der Waals surface area contributed by atoms with Crippen molar-refractivity contribution in [2.24, 2.45) is 0 Å². The van der Waals surface area contributed by atoms with Gasteiger partial charge in [0.25, 0.3) is 0 Å². The second kappa shape index (κ2) is 8.34. The fourth-order valence-electron chi connectivity index (χ4n) is 3.69. The van der Waals surface area contributed by atoms with Crippen LogP contribution in [0.5, 0.6) is 11.5 Å². The molecule has 29 heavy (non-hydrogen) atoms. The minimum absolute atomic E-state index is 0.636. The monoisotopic (exact) mass is 391 g/mol. The first-order valence-electron chi connectivity index (χ1n) is 9.74. The number of rotatable bonds is 6. The summed E-state index contributed by atoms with van der Waals surface area (Å²) in [6.07, 6.45) is 2.60. The first-order valence-corrected chi connectivity index (χ1v) is 9.74. The largest absolute Gasteiger partial charge is 0.493 e. The highest BCUT2D eigenvalue weighted by Crippen LogP contribution is 2.34. The molecule has 7 nitrogen and oxygen atoms in total. The predicted octanol–water partition coefficient (Wildman–Crippen LogP) is 3.61. The smallest absolute Gasteiger partial charge is 0.247 e. The lowest BCUT2D eigenvalue weighted by molar-refractivity contribution is 0.353. The van der Waals surface area contributed by atoms with Gasteiger partial charge in [0.15, 0.2) is 17.3 Å². The summed E-state index contributed by atoms with van der Waals surface area (Å²) in [5.74, 6) is 2.93. The normalized spacial score (nSPS) is 13.0. The Morgan fingerprint density at radius 2 is 1.76 bits per heavy atom. The van der Waals surface area contributed by atoms with Crippen LogP contribution in [0, 0.1) is 0 Å². The van der Waals surface area contributed by atoms with Gasteiger partial charge in [-0.25, -0.2) is 0 Å². The summed E-state index contributed by atoms with van der Waals surface area (Å²) >= 11 is 0. The molecule has 150 valence electrons. The standard InChI is InChI=1S/C22H25N5O2/c1-4-27(18-8-6-5-7-9-18)21-14-23-25-22(24-21)26-11-10-16-12-19(28-2)20(29-3)13-17(16)15-26/h5-9,12-14H,4,10-11,15H2,1-3H3. The quantitative estimate of drug-likeness (QED) is 0.636. The molecule has 0 bridgehead atoms. The van der Waals surface area contributed by atoms with E-state index in [0.29, 0.717) is 12.5 Å². The van der Waals surface area contributed by atoms with E-state index in [-0.39, 0.29) is 0 Å². The van der Waals surface area contributed by atoms with E-state index in [1.54, 1.807) is 20.4 Å². The molecule has 0 fully saturated rings. The summed E-state index contributed by atoms with van der Waals surface area (Å²) in [6, 6.07) is 14.3. The lowest BCUT2D eigenvalue weighted by atomic mass is 9.99. The molecular weight excluding hydrogens is 366 g/mol. The molecule has 1 aliphatic rings. The number of methoxy groups -OCH3 is 2. The van der Waals surface area contributed by atoms with Crippen molar-refractivity contribution in [3.63, 3.8) is 0 Å². The molecule has 3 aromatic rings. The van der Waals surface area contributed by atoms with Crippen molar-refractivity contribution in [3.05, 3.63) is 59.8 Å². The van der Waals surface area contributed by atoms with Gasteiger partial charge in [-0.2, -0.15) is 10.1 Å². The molecule has 1 aromatic heterocycles. The Kier molecular flexibility index (Phi) is 5.46. The van der Waals surface area contributed by atoms with Crippen LogP contribution in [0.4, 0.5) is 17.5 Å². The highest BCUT2D eigenvalue weighted by Gasteiger charge is 2.22. The van der Waals surface area contributed by atoms with Crippen LogP contribution in [0.2, 0.25) is 0 Å². The van der Waals surface area contributed by atoms with Crippen LogP contribution in [0.25, 0.3) is 0 Å². The van der Waals surface area contributed by atoms with Gasteiger partial charge in [-0.3, -0.25) is 0 Å². The van der Waals surface area contributed by atoms with E-state index in [1.807, 2.05) is 24.3 Å². The zero-order valence-electron chi connectivity index (χ0n) is 17.0. The molecule has 0 atom stereocenters. The van der Waals surface area contributed by atoms with Crippen LogP contribution >= 0.6 is 0 Å². The summed E-state index contributed by atoms with van der Waals surface area (Å²) in [4.78, 5) is 9.10. The number of ether oxygens (including phenoxy) is 2. The van der Waals surface area contributed by atoms with Crippen LogP contribution < -0.4 is 19.3 Å². The topological polar surface area (TPSA) is 63.6 Å². The first kappa shape index (κ1) is 19.0. The van der Waals surface area contributed by atoms with Crippen molar-refractivity contribution in [2.75, 3.05) is 37.1 Å². The molecule has 0 N–H and O–H groups in total. The molecule has 0 saturated carbocycles. The van der Waals surface area contributed by atoms with Crippen molar-refractivity contribution >= 4 is 17.5 Å². The van der Waals surface area contributed by atoms with E-state index in [2.05, 4.69) is 45.1 Å². The average molecular weight is 391 g/mol. The lowest BCUT2D eigenvalue weighted by Gasteiger charge is -2.30. The van der Waals surface area contributed by atoms with E-state index in [9.17, 15) is 0 Å². The third-order valence-electron chi connectivity index (χ3n) is 5.20. The lowest BCUT2D eigenvalue weighted by Crippen LogP contribution is -2.32. The number of hydrogen-bond acceptors (Lipinski definition) is 7. The van der Waals surface area contributed by atoms with E-state index < -0.39 is 0 Å². The van der Waals surface area contributed by atoms with E-state index in [0.717, 1.165) is 42.5 Å². The van der Waals surface area contributed by atoms with Crippen molar-refractivity contribution in [1.29, 1.82) is 0 Å². The Hall–Kier alpha value is -3.35. The maximum atomic E-state index is 5.46. The number of benzene rings is 2. The van der Waals surface area contributed by atoms with E-state index >= 15 is 0 Å². The second-order valence-corrected chi connectivity index (χ2v) is 6.84. The Labute approximate surface area is 170 Å². The van der Waals surface area contributed by atoms with Crippen LogP contribution in [0.1, 0.15) is 18.1 Å². The molecule has 7 heteroatoms. The van der Waals surface area contributed by atoms with Gasteiger partial charge in [-0.05, 0) is 48.7 Å². The predicted molar refractivity (Wildman–Crippen MR) is 113 cm³/mol. The van der Waals surface area contributed by atoms with Crippen molar-refractivity contribution in [1.82, 2.24) is 15.2 Å². The summed E-state index contributed by atoms with van der Waals surface area (Å²) in [7, 11) is 3.32. The Bertz CT molecular complexity index is 980. The third-order valence-corrected chi connectivity index (χ3v) is 5.20. The summed E-state index contributed by atoms with van der Waals surface area (Å²) in [5, 5.41) is 8.54. The molecule has 0 spiro atoms. The highest BCUT2D eigenvalue weighted by atomic mass is 16.5. The van der Waals surface area contributed by atoms with Gasteiger partial charge in [0, 0.05) is 25.3 Å². The fraction of sp³-hybridized carbons (Fsp3) is 0.318. The molecule has 0 amide bonds. The summed E-state index contributed by atoms with van der Waals surface area (Å²) < 4.78 is 10.9. The minimum atomic E-state index is 0.636. The maximum absolute atomic E-state index is 5.46. The molecular formula is C22H25N5O2. The van der Waals surface area contributed by atoms with Crippen molar-refractivity contribution in [3.8, 4) is 11.5 Å². The number of nitrogens with zero attached hydrogens (tertiary/aromatic N) is 5. The molecule has 0 saturated heterocycles. The van der Waals surface area contributed by atoms with E-state index in [4.69, 9.17) is 14.5 Å². The SMILES string of the molecule is CCN(c1ccccc1)c1cnnc(N2CCc3cc(OC)c(OC)cc3C2)n1. The van der Waals surface area contributed by atoms with Gasteiger partial charge < -0.3 is 19.3 Å².